The van der Waals surface area contributed by atoms with Crippen LogP contribution in [0.5, 0.6) is 5.75 Å². The van der Waals surface area contributed by atoms with Crippen molar-refractivity contribution in [2.75, 3.05) is 40.4 Å². The lowest BCUT2D eigenvalue weighted by Crippen LogP contribution is -2.29. The zero-order valence-electron chi connectivity index (χ0n) is 20.4. The van der Waals surface area contributed by atoms with Gasteiger partial charge >= 0.3 is 5.97 Å². The molecule has 1 atom stereocenters. The molecule has 1 amide bonds. The number of methoxy groups -OCH3 is 1. The minimum Gasteiger partial charge on any atom is -0.492 e. The summed E-state index contributed by atoms with van der Waals surface area (Å²) in [4.78, 5) is 41.6. The second-order valence-electron chi connectivity index (χ2n) is 9.41. The lowest BCUT2D eigenvalue weighted by molar-refractivity contribution is -0.126. The van der Waals surface area contributed by atoms with E-state index in [1.54, 1.807) is 16.5 Å². The van der Waals surface area contributed by atoms with Crippen LogP contribution in [-0.4, -0.2) is 66.6 Å². The van der Waals surface area contributed by atoms with Crippen LogP contribution < -0.4 is 10.3 Å². The Balaban J connectivity index is 1.56. The molecule has 182 valence electrons. The molecule has 0 radical (unpaired) electrons. The summed E-state index contributed by atoms with van der Waals surface area (Å²) in [7, 11) is 3.10. The van der Waals surface area contributed by atoms with Gasteiger partial charge in [-0.3, -0.25) is 14.5 Å². The molecule has 1 saturated heterocycles. The van der Waals surface area contributed by atoms with Crippen molar-refractivity contribution in [1.29, 1.82) is 0 Å². The molecule has 8 nitrogen and oxygen atoms in total. The average Bonchev–Trinajstić information content (AvgIpc) is 2.99. The summed E-state index contributed by atoms with van der Waals surface area (Å²) < 4.78 is 12.7. The number of hydrogen-bond donors (Lipinski definition) is 0. The Kier molecular flexibility index (Phi) is 7.07. The topological polar surface area (TPSA) is 81.1 Å². The highest BCUT2D eigenvalue weighted by atomic mass is 16.5. The van der Waals surface area contributed by atoms with Gasteiger partial charge in [0.2, 0.25) is 5.91 Å². The first-order valence-corrected chi connectivity index (χ1v) is 11.8. The summed E-state index contributed by atoms with van der Waals surface area (Å²) in [6.45, 7) is 7.77. The monoisotopic (exact) mass is 467 g/mol. The SMILES string of the molecule is COC(=O)c1c(OC[C@@H]2CC(=O)N(C)C2)cc(=O)n2c1CCN(Cc1ccc(C)c(C)c1)CC2. The molecule has 0 aliphatic carbocycles. The number of aromatic nitrogens is 1. The van der Waals surface area contributed by atoms with Crippen LogP contribution >= 0.6 is 0 Å². The number of benzene rings is 1. The number of fused-ring (bicyclic) bond motifs is 1. The van der Waals surface area contributed by atoms with E-state index in [4.69, 9.17) is 9.47 Å². The lowest BCUT2D eigenvalue weighted by Gasteiger charge is -2.20. The van der Waals surface area contributed by atoms with E-state index in [0.29, 0.717) is 50.3 Å². The third-order valence-corrected chi connectivity index (χ3v) is 6.95. The molecule has 1 aromatic heterocycles. The van der Waals surface area contributed by atoms with Gasteiger partial charge in [0.25, 0.3) is 5.56 Å². The Morgan fingerprint density at radius 1 is 1.09 bits per heavy atom. The van der Waals surface area contributed by atoms with Gasteiger partial charge in [0.15, 0.2) is 0 Å². The molecule has 2 aliphatic heterocycles. The Morgan fingerprint density at radius 2 is 1.88 bits per heavy atom. The first-order chi connectivity index (χ1) is 16.3. The van der Waals surface area contributed by atoms with Crippen molar-refractivity contribution in [2.45, 2.75) is 39.8 Å². The van der Waals surface area contributed by atoms with Crippen LogP contribution in [0.4, 0.5) is 0 Å². The fourth-order valence-corrected chi connectivity index (χ4v) is 4.82. The molecule has 1 fully saturated rings. The second kappa shape index (κ2) is 10.0. The van der Waals surface area contributed by atoms with Crippen molar-refractivity contribution < 1.29 is 19.1 Å². The van der Waals surface area contributed by atoms with Crippen molar-refractivity contribution in [3.05, 3.63) is 62.6 Å². The molecule has 0 saturated carbocycles. The number of carbonyl (C=O) groups excluding carboxylic acids is 2. The van der Waals surface area contributed by atoms with Crippen LogP contribution in [0, 0.1) is 19.8 Å². The predicted molar refractivity (Wildman–Crippen MR) is 128 cm³/mol. The molecule has 3 heterocycles. The van der Waals surface area contributed by atoms with Crippen molar-refractivity contribution in [2.24, 2.45) is 5.92 Å². The summed E-state index contributed by atoms with van der Waals surface area (Å²) in [6, 6.07) is 7.87. The van der Waals surface area contributed by atoms with E-state index in [0.717, 1.165) is 6.54 Å². The molecule has 0 bridgehead atoms. The van der Waals surface area contributed by atoms with Gasteiger partial charge in [-0.15, -0.1) is 0 Å². The zero-order valence-corrected chi connectivity index (χ0v) is 20.4. The quantitative estimate of drug-likeness (QED) is 0.606. The zero-order chi connectivity index (χ0) is 24.4. The Morgan fingerprint density at radius 3 is 2.56 bits per heavy atom. The maximum atomic E-state index is 13.0. The smallest absolute Gasteiger partial charge is 0.343 e. The third kappa shape index (κ3) is 5.01. The molecule has 8 heteroatoms. The number of amides is 1. The van der Waals surface area contributed by atoms with Crippen LogP contribution in [0.25, 0.3) is 0 Å². The fourth-order valence-electron chi connectivity index (χ4n) is 4.82. The van der Waals surface area contributed by atoms with E-state index in [1.807, 2.05) is 0 Å². The number of ether oxygens (including phenoxy) is 2. The fraction of sp³-hybridized carbons (Fsp3) is 0.500. The largest absolute Gasteiger partial charge is 0.492 e. The number of pyridine rings is 1. The maximum absolute atomic E-state index is 13.0. The first-order valence-electron chi connectivity index (χ1n) is 11.8. The summed E-state index contributed by atoms with van der Waals surface area (Å²) >= 11 is 0. The highest BCUT2D eigenvalue weighted by Gasteiger charge is 2.30. The molecule has 34 heavy (non-hydrogen) atoms. The van der Waals surface area contributed by atoms with Crippen LogP contribution in [0.2, 0.25) is 0 Å². The van der Waals surface area contributed by atoms with Gasteiger partial charge < -0.3 is 18.9 Å². The molecule has 0 unspecified atom stereocenters. The van der Waals surface area contributed by atoms with Gasteiger partial charge in [-0.2, -0.15) is 0 Å². The second-order valence-corrected chi connectivity index (χ2v) is 9.41. The van der Waals surface area contributed by atoms with E-state index in [2.05, 4.69) is 36.9 Å². The number of nitrogens with zero attached hydrogens (tertiary/aromatic N) is 3. The van der Waals surface area contributed by atoms with Crippen LogP contribution in [0.3, 0.4) is 0 Å². The van der Waals surface area contributed by atoms with E-state index < -0.39 is 5.97 Å². The van der Waals surface area contributed by atoms with Crippen molar-refractivity contribution >= 4 is 11.9 Å². The van der Waals surface area contributed by atoms with Crippen LogP contribution in [0.15, 0.2) is 29.1 Å². The summed E-state index contributed by atoms with van der Waals surface area (Å²) in [5.74, 6) is -0.167. The summed E-state index contributed by atoms with van der Waals surface area (Å²) in [5, 5.41) is 0. The molecule has 2 aromatic rings. The predicted octanol–water partition coefficient (Wildman–Crippen LogP) is 2.17. The average molecular weight is 468 g/mol. The normalized spacial score (nSPS) is 18.5. The molecular formula is C26H33N3O5. The molecule has 0 N–H and O–H groups in total. The molecule has 2 aliphatic rings. The Labute approximate surface area is 200 Å². The van der Waals surface area contributed by atoms with E-state index in [9.17, 15) is 14.4 Å². The minimum atomic E-state index is -0.513. The number of carbonyl (C=O) groups is 2. The number of hydrogen-bond acceptors (Lipinski definition) is 6. The van der Waals surface area contributed by atoms with Crippen LogP contribution in [-0.2, 0) is 29.0 Å². The lowest BCUT2D eigenvalue weighted by atomic mass is 10.1. The molecule has 1 aromatic carbocycles. The Bertz CT molecular complexity index is 1160. The van der Waals surface area contributed by atoms with Crippen molar-refractivity contribution in [3.63, 3.8) is 0 Å². The number of esters is 1. The van der Waals surface area contributed by atoms with E-state index >= 15 is 0 Å². The Hall–Kier alpha value is -3.13. The van der Waals surface area contributed by atoms with Gasteiger partial charge in [-0.1, -0.05) is 18.2 Å². The highest BCUT2D eigenvalue weighted by molar-refractivity contribution is 5.93. The van der Waals surface area contributed by atoms with Gasteiger partial charge in [-0.05, 0) is 30.5 Å². The third-order valence-electron chi connectivity index (χ3n) is 6.95. The first kappa shape index (κ1) is 24.0. The maximum Gasteiger partial charge on any atom is 0.343 e. The van der Waals surface area contributed by atoms with Gasteiger partial charge in [-0.25, -0.2) is 4.79 Å². The van der Waals surface area contributed by atoms with Crippen molar-refractivity contribution in [1.82, 2.24) is 14.4 Å². The van der Waals surface area contributed by atoms with Gasteiger partial charge in [0.1, 0.15) is 11.3 Å². The van der Waals surface area contributed by atoms with Gasteiger partial charge in [0, 0.05) is 70.3 Å². The van der Waals surface area contributed by atoms with E-state index in [1.165, 1.54) is 29.9 Å². The summed E-state index contributed by atoms with van der Waals surface area (Å²) in [6.07, 6.45) is 0.938. The summed E-state index contributed by atoms with van der Waals surface area (Å²) in [5.41, 5.74) is 4.53. The highest BCUT2D eigenvalue weighted by Crippen LogP contribution is 2.26. The molecule has 4 rings (SSSR count). The number of aryl methyl sites for hydroxylation is 2. The number of rotatable bonds is 6. The van der Waals surface area contributed by atoms with E-state index in [-0.39, 0.29) is 29.7 Å². The van der Waals surface area contributed by atoms with Crippen LogP contribution in [0.1, 0.15) is 39.2 Å². The standard InChI is InChI=1S/C26H33N3O5/c1-17-5-6-19(11-18(17)2)15-28-8-7-21-25(26(32)33-4)22(13-24(31)29(21)10-9-28)34-16-20-12-23(30)27(3)14-20/h5-6,11,13,20H,7-10,12,14-16H2,1-4H3/t20-/m1/s1. The number of likely N-dealkylation sites (tertiary alicyclic amines) is 1. The van der Waals surface area contributed by atoms with Gasteiger partial charge in [0.05, 0.1) is 13.7 Å². The molecular weight excluding hydrogens is 434 g/mol. The molecule has 0 spiro atoms. The minimum absolute atomic E-state index is 0.0259. The van der Waals surface area contributed by atoms with Crippen molar-refractivity contribution in [3.8, 4) is 5.75 Å².